The van der Waals surface area contributed by atoms with Crippen LogP contribution >= 0.6 is 0 Å². The van der Waals surface area contributed by atoms with Gasteiger partial charge in [0.05, 0.1) is 0 Å². The SMILES string of the molecule is CCCCC(CC)CNC1CCNCC1. The monoisotopic (exact) mass is 212 g/mol. The van der Waals surface area contributed by atoms with Crippen molar-refractivity contribution in [3.8, 4) is 0 Å². The van der Waals surface area contributed by atoms with E-state index in [0.717, 1.165) is 12.0 Å². The van der Waals surface area contributed by atoms with E-state index in [9.17, 15) is 0 Å². The molecule has 1 heterocycles. The summed E-state index contributed by atoms with van der Waals surface area (Å²) in [6.45, 7) is 8.24. The van der Waals surface area contributed by atoms with E-state index >= 15 is 0 Å². The van der Waals surface area contributed by atoms with Gasteiger partial charge in [-0.3, -0.25) is 0 Å². The molecule has 1 aliphatic heterocycles. The van der Waals surface area contributed by atoms with Crippen LogP contribution in [0.15, 0.2) is 0 Å². The minimum atomic E-state index is 0.780. The second kappa shape index (κ2) is 8.12. The Hall–Kier alpha value is -0.0800. The molecule has 15 heavy (non-hydrogen) atoms. The first-order chi connectivity index (χ1) is 7.36. The van der Waals surface area contributed by atoms with E-state index < -0.39 is 0 Å². The normalized spacial score (nSPS) is 20.4. The highest BCUT2D eigenvalue weighted by Gasteiger charge is 2.13. The van der Waals surface area contributed by atoms with Crippen molar-refractivity contribution in [3.05, 3.63) is 0 Å². The molecule has 1 saturated heterocycles. The third-order valence-electron chi connectivity index (χ3n) is 3.58. The van der Waals surface area contributed by atoms with Crippen LogP contribution in [-0.4, -0.2) is 25.7 Å². The fourth-order valence-electron chi connectivity index (χ4n) is 2.30. The molecule has 0 spiro atoms. The van der Waals surface area contributed by atoms with Gasteiger partial charge in [0.15, 0.2) is 0 Å². The van der Waals surface area contributed by atoms with Crippen LogP contribution in [0.2, 0.25) is 0 Å². The Morgan fingerprint density at radius 1 is 1.27 bits per heavy atom. The van der Waals surface area contributed by atoms with Crippen LogP contribution in [0.25, 0.3) is 0 Å². The largest absolute Gasteiger partial charge is 0.317 e. The van der Waals surface area contributed by atoms with Crippen molar-refractivity contribution in [3.63, 3.8) is 0 Å². The van der Waals surface area contributed by atoms with Crippen molar-refractivity contribution in [1.29, 1.82) is 0 Å². The van der Waals surface area contributed by atoms with Gasteiger partial charge in [-0.15, -0.1) is 0 Å². The van der Waals surface area contributed by atoms with Crippen LogP contribution < -0.4 is 10.6 Å². The third-order valence-corrected chi connectivity index (χ3v) is 3.58. The minimum absolute atomic E-state index is 0.780. The molecule has 0 amide bonds. The fraction of sp³-hybridized carbons (Fsp3) is 1.00. The first-order valence-electron chi connectivity index (χ1n) is 6.80. The average Bonchev–Trinajstić information content (AvgIpc) is 2.31. The molecule has 2 N–H and O–H groups in total. The Balaban J connectivity index is 2.09. The number of hydrogen-bond donors (Lipinski definition) is 2. The lowest BCUT2D eigenvalue weighted by atomic mass is 9.98. The van der Waals surface area contributed by atoms with Gasteiger partial charge in [0.1, 0.15) is 0 Å². The zero-order valence-corrected chi connectivity index (χ0v) is 10.5. The summed E-state index contributed by atoms with van der Waals surface area (Å²) in [5.74, 6) is 0.903. The topological polar surface area (TPSA) is 24.1 Å². The Labute approximate surface area is 95.2 Å². The molecule has 90 valence electrons. The highest BCUT2D eigenvalue weighted by molar-refractivity contribution is 4.75. The maximum Gasteiger partial charge on any atom is 0.00913 e. The zero-order valence-electron chi connectivity index (χ0n) is 10.5. The molecule has 0 bridgehead atoms. The van der Waals surface area contributed by atoms with Crippen molar-refractivity contribution in [2.24, 2.45) is 5.92 Å². The summed E-state index contributed by atoms with van der Waals surface area (Å²) < 4.78 is 0. The maximum absolute atomic E-state index is 3.74. The first-order valence-corrected chi connectivity index (χ1v) is 6.80. The van der Waals surface area contributed by atoms with Crippen LogP contribution in [0.5, 0.6) is 0 Å². The number of rotatable bonds is 7. The molecule has 0 aliphatic carbocycles. The lowest BCUT2D eigenvalue weighted by Gasteiger charge is -2.26. The van der Waals surface area contributed by atoms with Crippen molar-refractivity contribution in [1.82, 2.24) is 10.6 Å². The van der Waals surface area contributed by atoms with E-state index in [0.29, 0.717) is 0 Å². The van der Waals surface area contributed by atoms with Gasteiger partial charge in [-0.2, -0.15) is 0 Å². The molecule has 0 radical (unpaired) electrons. The van der Waals surface area contributed by atoms with E-state index in [4.69, 9.17) is 0 Å². The van der Waals surface area contributed by atoms with Gasteiger partial charge in [-0.1, -0.05) is 33.1 Å². The summed E-state index contributed by atoms with van der Waals surface area (Å²) in [4.78, 5) is 0. The van der Waals surface area contributed by atoms with Gasteiger partial charge < -0.3 is 10.6 Å². The molecular formula is C13H28N2. The Bertz CT molecular complexity index is 141. The Morgan fingerprint density at radius 2 is 2.00 bits per heavy atom. The quantitative estimate of drug-likeness (QED) is 0.678. The second-order valence-corrected chi connectivity index (χ2v) is 4.85. The smallest absolute Gasteiger partial charge is 0.00913 e. The highest BCUT2D eigenvalue weighted by Crippen LogP contribution is 2.12. The minimum Gasteiger partial charge on any atom is -0.317 e. The summed E-state index contributed by atoms with van der Waals surface area (Å²) in [6, 6.07) is 0.780. The average molecular weight is 212 g/mol. The fourth-order valence-corrected chi connectivity index (χ4v) is 2.30. The van der Waals surface area contributed by atoms with E-state index in [2.05, 4.69) is 24.5 Å². The molecule has 0 aromatic carbocycles. The second-order valence-electron chi connectivity index (χ2n) is 4.85. The Morgan fingerprint density at radius 3 is 2.60 bits per heavy atom. The molecule has 2 heteroatoms. The van der Waals surface area contributed by atoms with E-state index in [-0.39, 0.29) is 0 Å². The van der Waals surface area contributed by atoms with E-state index in [1.54, 1.807) is 0 Å². The molecule has 2 nitrogen and oxygen atoms in total. The molecule has 0 aromatic rings. The van der Waals surface area contributed by atoms with Gasteiger partial charge in [0.25, 0.3) is 0 Å². The zero-order chi connectivity index (χ0) is 10.9. The lowest BCUT2D eigenvalue weighted by Crippen LogP contribution is -2.41. The van der Waals surface area contributed by atoms with Crippen LogP contribution in [0.1, 0.15) is 52.4 Å². The van der Waals surface area contributed by atoms with Gasteiger partial charge in [-0.25, -0.2) is 0 Å². The van der Waals surface area contributed by atoms with Crippen molar-refractivity contribution < 1.29 is 0 Å². The molecule has 0 aromatic heterocycles. The van der Waals surface area contributed by atoms with Gasteiger partial charge >= 0.3 is 0 Å². The molecule has 1 atom stereocenters. The molecule has 0 saturated carbocycles. The third kappa shape index (κ3) is 5.53. The van der Waals surface area contributed by atoms with Crippen LogP contribution in [0, 0.1) is 5.92 Å². The number of piperidine rings is 1. The highest BCUT2D eigenvalue weighted by atomic mass is 15.0. The predicted molar refractivity (Wildman–Crippen MR) is 67.2 cm³/mol. The lowest BCUT2D eigenvalue weighted by molar-refractivity contribution is 0.340. The summed E-state index contributed by atoms with van der Waals surface area (Å²) in [5, 5.41) is 7.15. The van der Waals surface area contributed by atoms with Gasteiger partial charge in [0.2, 0.25) is 0 Å². The van der Waals surface area contributed by atoms with Crippen molar-refractivity contribution in [2.75, 3.05) is 19.6 Å². The van der Waals surface area contributed by atoms with Gasteiger partial charge in [0, 0.05) is 6.04 Å². The summed E-state index contributed by atoms with van der Waals surface area (Å²) in [6.07, 6.45) is 8.09. The number of nitrogens with one attached hydrogen (secondary N) is 2. The summed E-state index contributed by atoms with van der Waals surface area (Å²) in [5.41, 5.74) is 0. The van der Waals surface area contributed by atoms with Crippen molar-refractivity contribution >= 4 is 0 Å². The molecule has 1 aliphatic rings. The van der Waals surface area contributed by atoms with Crippen LogP contribution in [0.3, 0.4) is 0 Å². The summed E-state index contributed by atoms with van der Waals surface area (Å²) in [7, 11) is 0. The predicted octanol–water partition coefficient (Wildman–Crippen LogP) is 2.54. The Kier molecular flexibility index (Phi) is 7.03. The maximum atomic E-state index is 3.74. The number of unbranched alkanes of at least 4 members (excludes halogenated alkanes) is 1. The first kappa shape index (κ1) is 13.0. The van der Waals surface area contributed by atoms with Gasteiger partial charge in [-0.05, 0) is 44.8 Å². The molecular weight excluding hydrogens is 184 g/mol. The van der Waals surface area contributed by atoms with E-state index in [1.165, 1.54) is 58.2 Å². The van der Waals surface area contributed by atoms with Crippen LogP contribution in [-0.2, 0) is 0 Å². The van der Waals surface area contributed by atoms with Crippen LogP contribution in [0.4, 0.5) is 0 Å². The standard InChI is InChI=1S/C13H28N2/c1-3-5-6-12(4-2)11-15-13-7-9-14-10-8-13/h12-15H,3-11H2,1-2H3. The molecule has 1 rings (SSSR count). The summed E-state index contributed by atoms with van der Waals surface area (Å²) >= 11 is 0. The molecule has 1 unspecified atom stereocenters. The van der Waals surface area contributed by atoms with Crippen molar-refractivity contribution in [2.45, 2.75) is 58.4 Å². The number of hydrogen-bond acceptors (Lipinski definition) is 2. The molecule has 1 fully saturated rings. The van der Waals surface area contributed by atoms with E-state index in [1.807, 2.05) is 0 Å².